The van der Waals surface area contributed by atoms with Gasteiger partial charge in [0.25, 0.3) is 5.91 Å². The lowest BCUT2D eigenvalue weighted by molar-refractivity contribution is -0.127. The van der Waals surface area contributed by atoms with E-state index in [0.717, 1.165) is 11.5 Å². The highest BCUT2D eigenvalue weighted by Gasteiger charge is 2.13. The minimum Gasteiger partial charge on any atom is -0.481 e. The van der Waals surface area contributed by atoms with Crippen LogP contribution in [0.2, 0.25) is 0 Å². The van der Waals surface area contributed by atoms with Crippen LogP contribution >= 0.6 is 11.8 Å². The molecule has 2 aromatic carbocycles. The van der Waals surface area contributed by atoms with Crippen LogP contribution in [0, 0.1) is 6.92 Å². The number of para-hydroxylation sites is 1. The van der Waals surface area contributed by atoms with Crippen molar-refractivity contribution in [1.29, 1.82) is 0 Å². The number of thioether (sulfide) groups is 1. The van der Waals surface area contributed by atoms with Crippen LogP contribution < -0.4 is 10.1 Å². The van der Waals surface area contributed by atoms with Gasteiger partial charge in [0.1, 0.15) is 5.75 Å². The maximum absolute atomic E-state index is 12.0. The largest absolute Gasteiger partial charge is 0.481 e. The van der Waals surface area contributed by atoms with Gasteiger partial charge in [-0.2, -0.15) is 11.8 Å². The molecule has 2 aromatic rings. The number of carbonyl (C=O) groups is 1. The van der Waals surface area contributed by atoms with E-state index < -0.39 is 6.10 Å². The summed E-state index contributed by atoms with van der Waals surface area (Å²) in [5.41, 5.74) is 2.67. The second-order valence-electron chi connectivity index (χ2n) is 5.34. The van der Waals surface area contributed by atoms with Crippen LogP contribution in [-0.4, -0.2) is 24.3 Å². The fraction of sp³-hybridized carbons (Fsp3) is 0.316. The van der Waals surface area contributed by atoms with Crippen molar-refractivity contribution in [1.82, 2.24) is 5.32 Å². The zero-order chi connectivity index (χ0) is 16.5. The van der Waals surface area contributed by atoms with E-state index in [1.54, 1.807) is 6.92 Å². The summed E-state index contributed by atoms with van der Waals surface area (Å²) in [6.07, 6.45) is -0.487. The molecule has 0 spiro atoms. The first-order valence-electron chi connectivity index (χ1n) is 7.78. The first-order chi connectivity index (χ1) is 11.2. The fourth-order valence-electron chi connectivity index (χ4n) is 2.10. The van der Waals surface area contributed by atoms with Crippen LogP contribution in [0.1, 0.15) is 18.1 Å². The molecule has 122 valence electrons. The van der Waals surface area contributed by atoms with Crippen molar-refractivity contribution in [3.63, 3.8) is 0 Å². The fourth-order valence-corrected chi connectivity index (χ4v) is 3.04. The smallest absolute Gasteiger partial charge is 0.260 e. The Morgan fingerprint density at radius 2 is 1.83 bits per heavy atom. The number of aryl methyl sites for hydroxylation is 1. The summed E-state index contributed by atoms with van der Waals surface area (Å²) in [6, 6.07) is 17.8. The van der Waals surface area contributed by atoms with E-state index >= 15 is 0 Å². The molecule has 0 aliphatic heterocycles. The maximum Gasteiger partial charge on any atom is 0.260 e. The average molecular weight is 329 g/mol. The van der Waals surface area contributed by atoms with Crippen molar-refractivity contribution >= 4 is 17.7 Å². The molecule has 0 aliphatic rings. The highest BCUT2D eigenvalue weighted by atomic mass is 32.2. The van der Waals surface area contributed by atoms with Gasteiger partial charge in [0, 0.05) is 18.1 Å². The van der Waals surface area contributed by atoms with Gasteiger partial charge in [0.05, 0.1) is 0 Å². The molecule has 0 heterocycles. The summed E-state index contributed by atoms with van der Waals surface area (Å²) in [4.78, 5) is 12.0. The Kier molecular flexibility index (Phi) is 7.01. The Labute approximate surface area is 142 Å². The van der Waals surface area contributed by atoms with Crippen LogP contribution in [0.25, 0.3) is 0 Å². The van der Waals surface area contributed by atoms with Gasteiger partial charge in [0.2, 0.25) is 0 Å². The summed E-state index contributed by atoms with van der Waals surface area (Å²) < 4.78 is 5.60. The predicted molar refractivity (Wildman–Crippen MR) is 96.9 cm³/mol. The standard InChI is InChI=1S/C19H23NO2S/c1-15-8-6-7-9-17(15)14-23-13-12-20-19(21)16(2)22-18-10-4-3-5-11-18/h3-11,16H,12-14H2,1-2H3,(H,20,21). The van der Waals surface area contributed by atoms with Gasteiger partial charge < -0.3 is 10.1 Å². The van der Waals surface area contributed by atoms with E-state index in [-0.39, 0.29) is 5.91 Å². The number of hydrogen-bond donors (Lipinski definition) is 1. The van der Waals surface area contributed by atoms with Gasteiger partial charge in [-0.25, -0.2) is 0 Å². The molecule has 0 saturated heterocycles. The number of ether oxygens (including phenoxy) is 1. The molecule has 1 atom stereocenters. The Bertz CT molecular complexity index is 616. The molecular formula is C19H23NO2S. The van der Waals surface area contributed by atoms with Gasteiger partial charge in [0.15, 0.2) is 6.10 Å². The molecule has 0 radical (unpaired) electrons. The molecular weight excluding hydrogens is 306 g/mol. The molecule has 2 rings (SSSR count). The number of hydrogen-bond acceptors (Lipinski definition) is 3. The number of amides is 1. The summed E-state index contributed by atoms with van der Waals surface area (Å²) in [5.74, 6) is 2.49. The highest BCUT2D eigenvalue weighted by molar-refractivity contribution is 7.98. The van der Waals surface area contributed by atoms with E-state index in [1.165, 1.54) is 11.1 Å². The zero-order valence-electron chi connectivity index (χ0n) is 13.6. The van der Waals surface area contributed by atoms with Crippen molar-refractivity contribution in [2.75, 3.05) is 12.3 Å². The van der Waals surface area contributed by atoms with Crippen molar-refractivity contribution in [2.45, 2.75) is 25.7 Å². The average Bonchev–Trinajstić information content (AvgIpc) is 2.57. The Hall–Kier alpha value is -1.94. The first kappa shape index (κ1) is 17.4. The van der Waals surface area contributed by atoms with Crippen LogP contribution in [0.3, 0.4) is 0 Å². The molecule has 3 nitrogen and oxygen atoms in total. The molecule has 1 N–H and O–H groups in total. The van der Waals surface area contributed by atoms with E-state index in [9.17, 15) is 4.79 Å². The maximum atomic E-state index is 12.0. The van der Waals surface area contributed by atoms with Gasteiger partial charge in [-0.15, -0.1) is 0 Å². The van der Waals surface area contributed by atoms with Crippen molar-refractivity contribution < 1.29 is 9.53 Å². The molecule has 0 saturated carbocycles. The molecule has 23 heavy (non-hydrogen) atoms. The van der Waals surface area contributed by atoms with Crippen molar-refractivity contribution in [3.05, 3.63) is 65.7 Å². The number of nitrogens with one attached hydrogen (secondary N) is 1. The summed E-state index contributed by atoms with van der Waals surface area (Å²) in [5, 5.41) is 2.92. The second kappa shape index (κ2) is 9.26. The quantitative estimate of drug-likeness (QED) is 0.748. The predicted octanol–water partition coefficient (Wildman–Crippen LogP) is 3.81. The number of carbonyl (C=O) groups excluding carboxylic acids is 1. The van der Waals surface area contributed by atoms with Gasteiger partial charge in [-0.1, -0.05) is 42.5 Å². The molecule has 0 bridgehead atoms. The molecule has 0 aliphatic carbocycles. The summed E-state index contributed by atoms with van der Waals surface area (Å²) in [7, 11) is 0. The van der Waals surface area contributed by atoms with Gasteiger partial charge in [-0.05, 0) is 37.1 Å². The lowest BCUT2D eigenvalue weighted by atomic mass is 10.1. The molecule has 0 fully saturated rings. The van der Waals surface area contributed by atoms with Crippen LogP contribution in [0.4, 0.5) is 0 Å². The number of benzene rings is 2. The SMILES string of the molecule is Cc1ccccc1CSCCNC(=O)C(C)Oc1ccccc1. The Morgan fingerprint density at radius 3 is 2.57 bits per heavy atom. The molecule has 1 amide bonds. The monoisotopic (exact) mass is 329 g/mol. The van der Waals surface area contributed by atoms with Crippen LogP contribution in [0.15, 0.2) is 54.6 Å². The molecule has 4 heteroatoms. The Morgan fingerprint density at radius 1 is 1.13 bits per heavy atom. The van der Waals surface area contributed by atoms with E-state index in [1.807, 2.05) is 42.1 Å². The lowest BCUT2D eigenvalue weighted by Crippen LogP contribution is -2.37. The third kappa shape index (κ3) is 5.99. The van der Waals surface area contributed by atoms with E-state index in [0.29, 0.717) is 12.3 Å². The van der Waals surface area contributed by atoms with Crippen LogP contribution in [0.5, 0.6) is 5.75 Å². The highest BCUT2D eigenvalue weighted by Crippen LogP contribution is 2.15. The minimum atomic E-state index is -0.487. The van der Waals surface area contributed by atoms with E-state index in [4.69, 9.17) is 4.74 Å². The first-order valence-corrected chi connectivity index (χ1v) is 8.94. The lowest BCUT2D eigenvalue weighted by Gasteiger charge is -2.14. The van der Waals surface area contributed by atoms with Gasteiger partial charge in [-0.3, -0.25) is 4.79 Å². The second-order valence-corrected chi connectivity index (χ2v) is 6.45. The third-order valence-electron chi connectivity index (χ3n) is 3.49. The van der Waals surface area contributed by atoms with Crippen molar-refractivity contribution in [2.24, 2.45) is 0 Å². The molecule has 0 aromatic heterocycles. The van der Waals surface area contributed by atoms with E-state index in [2.05, 4.69) is 36.5 Å². The van der Waals surface area contributed by atoms with Gasteiger partial charge >= 0.3 is 0 Å². The Balaban J connectivity index is 1.64. The third-order valence-corrected chi connectivity index (χ3v) is 4.50. The minimum absolute atomic E-state index is 0.0784. The van der Waals surface area contributed by atoms with Crippen LogP contribution in [-0.2, 0) is 10.5 Å². The number of rotatable bonds is 8. The summed E-state index contributed by atoms with van der Waals surface area (Å²) in [6.45, 7) is 4.54. The van der Waals surface area contributed by atoms with Crippen molar-refractivity contribution in [3.8, 4) is 5.75 Å². The zero-order valence-corrected chi connectivity index (χ0v) is 14.4. The normalized spacial score (nSPS) is 11.7. The summed E-state index contributed by atoms with van der Waals surface area (Å²) >= 11 is 1.82. The topological polar surface area (TPSA) is 38.3 Å². The molecule has 1 unspecified atom stereocenters.